The molecule has 0 aliphatic rings. The summed E-state index contributed by atoms with van der Waals surface area (Å²) < 4.78 is 128. The summed E-state index contributed by atoms with van der Waals surface area (Å²) in [5.74, 6) is -2.60. The summed E-state index contributed by atoms with van der Waals surface area (Å²) in [4.78, 5) is 103. The number of thiophene rings is 4. The molecule has 760 valence electrons. The number of nitrogens with zero attached hydrogens (tertiary/aromatic N) is 4. The van der Waals surface area contributed by atoms with Crippen molar-refractivity contribution in [1.29, 1.82) is 0 Å². The van der Waals surface area contributed by atoms with Gasteiger partial charge < -0.3 is 61.9 Å². The number of hydrogen-bond donors (Lipinski definition) is 12. The van der Waals surface area contributed by atoms with Gasteiger partial charge >= 0.3 is 11.9 Å². The summed E-state index contributed by atoms with van der Waals surface area (Å²) >= 11 is 4.76. The number of carbonyl (C=O) groups is 6. The van der Waals surface area contributed by atoms with Gasteiger partial charge in [0.2, 0.25) is 40.1 Å². The van der Waals surface area contributed by atoms with Crippen LogP contribution in [0.25, 0.3) is 40.3 Å². The summed E-state index contributed by atoms with van der Waals surface area (Å²) in [7, 11) is -8.46. The number of aromatic nitrogens is 2. The molecule has 143 heavy (non-hydrogen) atoms. The zero-order valence-electron chi connectivity index (χ0n) is 80.6. The minimum absolute atomic E-state index is 0. The van der Waals surface area contributed by atoms with Crippen molar-refractivity contribution < 1.29 is 101 Å². The van der Waals surface area contributed by atoms with Crippen molar-refractivity contribution in [3.05, 3.63) is 268 Å². The largest absolute Gasteiger partial charge is 0.492 e. The maximum absolute atomic E-state index is 13.4. The van der Waals surface area contributed by atoms with E-state index in [1.807, 2.05) is 101 Å². The van der Waals surface area contributed by atoms with Gasteiger partial charge in [-0.1, -0.05) is 115 Å². The number of fused-ring (bicyclic) bond motifs is 4. The number of anilines is 10. The first-order valence-electron chi connectivity index (χ1n) is 42.2. The van der Waals surface area contributed by atoms with Crippen LogP contribution in [0.2, 0.25) is 0 Å². The third kappa shape index (κ3) is 31.2. The van der Waals surface area contributed by atoms with Crippen LogP contribution in [-0.2, 0) is 61.8 Å². The maximum atomic E-state index is 13.4. The van der Waals surface area contributed by atoms with Crippen LogP contribution < -0.4 is 70.6 Å². The van der Waals surface area contributed by atoms with E-state index >= 15 is 0 Å². The van der Waals surface area contributed by atoms with Gasteiger partial charge in [-0.2, -0.15) is 0 Å². The highest BCUT2D eigenvalue weighted by Gasteiger charge is 2.30. The van der Waals surface area contributed by atoms with Gasteiger partial charge in [0.25, 0.3) is 35.0 Å². The second-order valence-corrected chi connectivity index (χ2v) is 47.0. The van der Waals surface area contributed by atoms with E-state index in [0.29, 0.717) is 75.4 Å². The Hall–Kier alpha value is -14.7. The minimum atomic E-state index is -3.60. The Bertz CT molecular complexity index is 7660. The summed E-state index contributed by atoms with van der Waals surface area (Å²) in [5, 5.41) is 52.7. The highest BCUT2D eigenvalue weighted by atomic mass is 32.2. The molecule has 6 aromatic heterocycles. The normalized spacial score (nSPS) is 11.5. The topological polar surface area (TPSA) is 577 Å². The number of carboxylic acids is 2. The average Bonchev–Trinajstić information content (AvgIpc) is 1.40. The molecule has 8 aromatic carbocycles. The molecule has 0 bridgehead atoms. The van der Waals surface area contributed by atoms with Crippen molar-refractivity contribution in [3.63, 3.8) is 0 Å². The summed E-state index contributed by atoms with van der Waals surface area (Å²) in [6, 6.07) is 46.8. The molecule has 0 unspecified atom stereocenters. The first kappa shape index (κ1) is 114. The number of nitrogens with one attached hydrogen (secondary N) is 8. The van der Waals surface area contributed by atoms with Crippen LogP contribution in [-0.4, -0.2) is 153 Å². The summed E-state index contributed by atoms with van der Waals surface area (Å²) in [5.41, 5.74) is 18.3. The van der Waals surface area contributed by atoms with Gasteiger partial charge in [0, 0.05) is 77.9 Å². The summed E-state index contributed by atoms with van der Waals surface area (Å²) in [6.07, 6.45) is 10.1. The van der Waals surface area contributed by atoms with Crippen LogP contribution in [0.4, 0.5) is 68.2 Å². The molecule has 0 saturated carbocycles. The molecule has 0 radical (unpaired) electrons. The van der Waals surface area contributed by atoms with Crippen molar-refractivity contribution in [1.82, 2.24) is 9.97 Å². The molecule has 0 aliphatic carbocycles. The number of benzene rings is 8. The number of hydrogen-bond acceptors (Lipinski definition) is 30. The van der Waals surface area contributed by atoms with Crippen molar-refractivity contribution >= 4 is 230 Å². The second-order valence-electron chi connectivity index (χ2n) is 35.7. The van der Waals surface area contributed by atoms with Crippen LogP contribution in [0, 0.1) is 20.2 Å². The quantitative estimate of drug-likeness (QED) is 0.0152. The molecule has 14 rings (SSSR count). The molecule has 14 aromatic rings. The van der Waals surface area contributed by atoms with E-state index in [1.54, 1.807) is 128 Å². The number of non-ortho nitro benzene ring substituents is 2. The maximum Gasteiger partial charge on any atom is 0.345 e. The van der Waals surface area contributed by atoms with Gasteiger partial charge in [-0.25, -0.2) is 43.3 Å². The standard InChI is InChI=1S/C27H28N4O5S2.C21H23N3O6S2.C21H25N3O4S2.C12H20N2O3S.C9H5NO4S.C6H5NO2.CH4/c1-27(2,3)17-12-20(24(36-4)21(13-17)31-38(5,34)35)30-26(33)23-14-18-19(9-6-10-22(18)37-23)29-25(32)16-8-7-11-28-15-16;1-21(2,3)12-9-14(19(30-4)15(10-12)23-32(5,28)29)22-20(25)18-11-13-16(24(26)27)7-6-8-17(13)31-18;1-21(2,3)12-9-15(19(28-4)16(10-12)24-30(5,26)27)23-20(25)18-11-13-14(22)7-6-8-17(13)29-18;1-12(2,3)8-6-9(13)11(17-4)10(7-8)14-18(5,15)16;11-9(12)8-4-5-6(10(13)14)2-1-3-7(5)15-8;8-6(9)5-2-1-3-7-4-5;/h6-15,31H,1-5H3,(H,29,32)(H,30,33);6-11,23H,1-5H3,(H,22,25);6-11,24H,22H2,1-5H3,(H,23,25);6-7,14H,13H2,1-5H3;1-4H,(H,11,12);1-4H,(H,8,9);1H4. The first-order chi connectivity index (χ1) is 66.0. The predicted molar refractivity (Wildman–Crippen MR) is 571 cm³/mol. The number of nitrogens with two attached hydrogens (primary N) is 2. The number of aromatic carboxylic acids is 2. The number of methoxy groups -OCH3 is 4. The lowest BCUT2D eigenvalue weighted by molar-refractivity contribution is -0.383. The molecule has 4 amide bonds. The van der Waals surface area contributed by atoms with E-state index in [0.717, 1.165) is 90.1 Å². The molecule has 0 aliphatic heterocycles. The number of nitrogen functional groups attached to an aromatic ring is 2. The van der Waals surface area contributed by atoms with E-state index in [9.17, 15) is 82.7 Å². The number of nitro groups is 2. The number of nitro benzene ring substituents is 2. The van der Waals surface area contributed by atoms with Gasteiger partial charge in [0.1, 0.15) is 4.88 Å². The number of amides is 4. The highest BCUT2D eigenvalue weighted by Crippen LogP contribution is 2.46. The van der Waals surface area contributed by atoms with Gasteiger partial charge in [-0.15, -0.1) is 45.3 Å². The minimum Gasteiger partial charge on any atom is -0.492 e. The Kier molecular flexibility index (Phi) is 36.8. The SMILES string of the molecule is C.COc1c(N)cc(C(C)(C)C)cc1NS(C)(=O)=O.COc1c(NC(=O)c2cc3c(N)cccc3s2)cc(C(C)(C)C)cc1NS(C)(=O)=O.COc1c(NC(=O)c2cc3c(NC(=O)c4cccnc4)cccc3s2)cc(C(C)(C)C)cc1NS(C)(=O)=O.COc1c(NC(=O)c2cc3c([N+](=O)[O-])cccc3s2)cc(C(C)(C)C)cc1NS(C)(=O)=O.O=C(O)c1cc2c([N+](=O)[O-])cccc2s1.O=C(O)c1cccnc1. The van der Waals surface area contributed by atoms with Crippen molar-refractivity contribution in [3.8, 4) is 23.0 Å². The number of rotatable bonds is 24. The number of carboxylic acid groups (broad SMARTS) is 2. The molecule has 38 nitrogen and oxygen atoms in total. The summed E-state index contributed by atoms with van der Waals surface area (Å²) in [6.45, 7) is 23.9. The lowest BCUT2D eigenvalue weighted by Crippen LogP contribution is -2.18. The van der Waals surface area contributed by atoms with E-state index in [2.05, 4.69) is 50.1 Å². The Morgan fingerprint density at radius 3 is 0.937 bits per heavy atom. The van der Waals surface area contributed by atoms with Crippen LogP contribution >= 0.6 is 45.3 Å². The molecular formula is C97H110N14O24S8. The predicted octanol–water partition coefficient (Wildman–Crippen LogP) is 20.5. The fourth-order valence-corrected chi connectivity index (χ4v) is 19.5. The van der Waals surface area contributed by atoms with Gasteiger partial charge in [-0.05, 0) is 177 Å². The van der Waals surface area contributed by atoms with E-state index < -0.39 is 73.7 Å². The molecule has 0 saturated heterocycles. The fraction of sp³-hybridized carbons (Fsp3) is 0.258. The van der Waals surface area contributed by atoms with E-state index in [-0.39, 0.29) is 108 Å². The lowest BCUT2D eigenvalue weighted by Gasteiger charge is -2.23. The molecule has 6 heterocycles. The van der Waals surface area contributed by atoms with E-state index in [1.165, 1.54) is 100 Å². The monoisotopic (exact) mass is 2110 g/mol. The number of ether oxygens (including phenoxy) is 4. The highest BCUT2D eigenvalue weighted by molar-refractivity contribution is 7.92. The fourth-order valence-electron chi connectivity index (χ4n) is 13.4. The Balaban J connectivity index is 0.000000219. The molecular weight excluding hydrogens is 2000 g/mol. The Morgan fingerprint density at radius 1 is 0.343 bits per heavy atom. The Labute approximate surface area is 842 Å². The average molecular weight is 2110 g/mol. The van der Waals surface area contributed by atoms with Crippen LogP contribution in [0.1, 0.15) is 172 Å². The van der Waals surface area contributed by atoms with Crippen LogP contribution in [0.15, 0.2) is 195 Å². The van der Waals surface area contributed by atoms with Crippen LogP contribution in [0.5, 0.6) is 23.0 Å². The van der Waals surface area contributed by atoms with Gasteiger partial charge in [0.05, 0.1) is 145 Å². The van der Waals surface area contributed by atoms with Crippen LogP contribution in [0.3, 0.4) is 0 Å². The first-order valence-corrected chi connectivity index (χ1v) is 53.0. The lowest BCUT2D eigenvalue weighted by atomic mass is 9.86. The van der Waals surface area contributed by atoms with E-state index in [4.69, 9.17) is 40.6 Å². The van der Waals surface area contributed by atoms with Gasteiger partial charge in [-0.3, -0.25) is 68.3 Å². The number of carbonyl (C=O) groups excluding carboxylic acids is 4. The van der Waals surface area contributed by atoms with Crippen molar-refractivity contribution in [2.75, 3.05) is 105 Å². The molecule has 14 N–H and O–H groups in total. The number of sulfonamides is 4. The smallest absolute Gasteiger partial charge is 0.345 e. The zero-order chi connectivity index (χ0) is 106. The van der Waals surface area contributed by atoms with Gasteiger partial charge in [0.15, 0.2) is 23.0 Å². The third-order valence-electron chi connectivity index (χ3n) is 20.2. The molecule has 0 fully saturated rings. The van der Waals surface area contributed by atoms with Crippen molar-refractivity contribution in [2.45, 2.75) is 112 Å². The third-order valence-corrected chi connectivity index (χ3v) is 26.9. The molecule has 0 spiro atoms. The Morgan fingerprint density at radius 2 is 0.629 bits per heavy atom. The molecule has 46 heteroatoms. The zero-order valence-corrected chi connectivity index (χ0v) is 87.1. The number of pyridine rings is 2. The molecule has 0 atom stereocenters. The second kappa shape index (κ2) is 46.4. The van der Waals surface area contributed by atoms with Crippen molar-refractivity contribution in [2.24, 2.45) is 0 Å².